The summed E-state index contributed by atoms with van der Waals surface area (Å²) in [7, 11) is 0. The molecular weight excluding hydrogens is 416 g/mol. The quantitative estimate of drug-likeness (QED) is 0.629. The number of rotatable bonds is 4. The summed E-state index contributed by atoms with van der Waals surface area (Å²) in [5.41, 5.74) is 4.63. The van der Waals surface area contributed by atoms with Crippen LogP contribution < -0.4 is 5.32 Å². The summed E-state index contributed by atoms with van der Waals surface area (Å²) in [5, 5.41) is 8.07. The lowest BCUT2D eigenvalue weighted by Crippen LogP contribution is -2.14. The van der Waals surface area contributed by atoms with Crippen molar-refractivity contribution in [3.05, 3.63) is 56.9 Å². The molecule has 1 N–H and O–H groups in total. The summed E-state index contributed by atoms with van der Waals surface area (Å²) in [6, 6.07) is 10.2. The Kier molecular flexibility index (Phi) is 5.16. The van der Waals surface area contributed by atoms with Crippen molar-refractivity contribution >= 4 is 38.9 Å². The van der Waals surface area contributed by atoms with E-state index in [1.165, 1.54) is 16.7 Å². The minimum Gasteiger partial charge on any atom is -0.381 e. The first kappa shape index (κ1) is 17.8. The van der Waals surface area contributed by atoms with Crippen molar-refractivity contribution in [1.29, 1.82) is 0 Å². The second kappa shape index (κ2) is 7.55. The number of anilines is 1. The summed E-state index contributed by atoms with van der Waals surface area (Å²) in [6.07, 6.45) is 2.04. The summed E-state index contributed by atoms with van der Waals surface area (Å²) < 4.78 is 8.35. The third-order valence-corrected chi connectivity index (χ3v) is 5.85. The van der Waals surface area contributed by atoms with Crippen molar-refractivity contribution in [2.75, 3.05) is 18.5 Å². The highest BCUT2D eigenvalue weighted by molar-refractivity contribution is 9.10. The molecule has 136 valence electrons. The van der Waals surface area contributed by atoms with E-state index < -0.39 is 0 Å². The Morgan fingerprint density at radius 3 is 2.73 bits per heavy atom. The van der Waals surface area contributed by atoms with E-state index >= 15 is 0 Å². The highest BCUT2D eigenvalue weighted by Crippen LogP contribution is 2.39. The number of benzene rings is 1. The van der Waals surface area contributed by atoms with Gasteiger partial charge in [0.1, 0.15) is 10.1 Å². The van der Waals surface area contributed by atoms with Gasteiger partial charge in [0.15, 0.2) is 5.82 Å². The van der Waals surface area contributed by atoms with Crippen LogP contribution in [0.5, 0.6) is 0 Å². The standard InChI is InChI=1S/C19H20BrClN4O/c1-12-15(14-7-9-26-10-8-14)17(20)25-16(12)18(23-19(21)24-25)22-11-13-5-3-2-4-6-13/h2-6,14H,7-11H2,1H3,(H,22,23,24). The minimum atomic E-state index is 0.224. The summed E-state index contributed by atoms with van der Waals surface area (Å²) in [6.45, 7) is 4.41. The normalized spacial score (nSPS) is 15.5. The average Bonchev–Trinajstić information content (AvgIpc) is 2.92. The van der Waals surface area contributed by atoms with E-state index in [1.807, 2.05) is 22.7 Å². The largest absolute Gasteiger partial charge is 0.381 e. The van der Waals surface area contributed by atoms with E-state index in [9.17, 15) is 0 Å². The van der Waals surface area contributed by atoms with Gasteiger partial charge in [-0.2, -0.15) is 4.98 Å². The zero-order valence-corrected chi connectivity index (χ0v) is 16.8. The molecule has 3 heterocycles. The first-order chi connectivity index (χ1) is 12.6. The Hall–Kier alpha value is -1.63. The molecule has 0 amide bonds. The first-order valence-corrected chi connectivity index (χ1v) is 9.92. The summed E-state index contributed by atoms with van der Waals surface area (Å²) in [5.74, 6) is 1.21. The minimum absolute atomic E-state index is 0.224. The van der Waals surface area contributed by atoms with E-state index in [4.69, 9.17) is 16.3 Å². The van der Waals surface area contributed by atoms with Gasteiger partial charge in [0.2, 0.25) is 5.28 Å². The van der Waals surface area contributed by atoms with Gasteiger partial charge in [-0.25, -0.2) is 4.52 Å². The van der Waals surface area contributed by atoms with Crippen molar-refractivity contribution in [3.8, 4) is 0 Å². The van der Waals surface area contributed by atoms with Crippen molar-refractivity contribution in [1.82, 2.24) is 14.6 Å². The molecule has 1 aliphatic heterocycles. The van der Waals surface area contributed by atoms with E-state index in [2.05, 4.69) is 50.4 Å². The zero-order valence-electron chi connectivity index (χ0n) is 14.5. The van der Waals surface area contributed by atoms with Gasteiger partial charge in [-0.3, -0.25) is 0 Å². The second-order valence-corrected chi connectivity index (χ2v) is 7.63. The SMILES string of the molecule is Cc1c(C2CCOCC2)c(Br)n2nc(Cl)nc(NCc3ccccc3)c12. The number of ether oxygens (including phenoxy) is 1. The van der Waals surface area contributed by atoms with Crippen LogP contribution in [-0.2, 0) is 11.3 Å². The van der Waals surface area contributed by atoms with Gasteiger partial charge >= 0.3 is 0 Å². The molecule has 0 spiro atoms. The molecular formula is C19H20BrClN4O. The molecule has 1 aromatic carbocycles. The molecule has 2 aromatic heterocycles. The number of fused-ring (bicyclic) bond motifs is 1. The van der Waals surface area contributed by atoms with Crippen LogP contribution in [0.4, 0.5) is 5.82 Å². The number of hydrogen-bond donors (Lipinski definition) is 1. The molecule has 0 bridgehead atoms. The van der Waals surface area contributed by atoms with Crippen LogP contribution in [0.15, 0.2) is 34.9 Å². The van der Waals surface area contributed by atoms with Crippen molar-refractivity contribution in [3.63, 3.8) is 0 Å². The fourth-order valence-electron chi connectivity index (χ4n) is 3.64. The molecule has 5 nitrogen and oxygen atoms in total. The number of aryl methyl sites for hydroxylation is 1. The zero-order chi connectivity index (χ0) is 18.1. The highest BCUT2D eigenvalue weighted by atomic mass is 79.9. The van der Waals surface area contributed by atoms with Crippen LogP contribution in [0.1, 0.15) is 35.4 Å². The van der Waals surface area contributed by atoms with Gasteiger partial charge < -0.3 is 10.1 Å². The van der Waals surface area contributed by atoms with Crippen LogP contribution in [0.2, 0.25) is 5.28 Å². The van der Waals surface area contributed by atoms with E-state index in [0.717, 1.165) is 42.0 Å². The van der Waals surface area contributed by atoms with Crippen LogP contribution in [-0.4, -0.2) is 27.8 Å². The van der Waals surface area contributed by atoms with Gasteiger partial charge in [0.25, 0.3) is 0 Å². The monoisotopic (exact) mass is 434 g/mol. The molecule has 0 atom stereocenters. The third-order valence-electron chi connectivity index (χ3n) is 4.92. The van der Waals surface area contributed by atoms with Gasteiger partial charge in [-0.1, -0.05) is 30.3 Å². The molecule has 4 rings (SSSR count). The van der Waals surface area contributed by atoms with E-state index in [1.54, 1.807) is 0 Å². The van der Waals surface area contributed by atoms with E-state index in [0.29, 0.717) is 12.5 Å². The Labute approximate surface area is 165 Å². The lowest BCUT2D eigenvalue weighted by molar-refractivity contribution is 0.0851. The molecule has 26 heavy (non-hydrogen) atoms. The molecule has 0 radical (unpaired) electrons. The number of aromatic nitrogens is 3. The van der Waals surface area contributed by atoms with Gasteiger partial charge in [0, 0.05) is 19.8 Å². The van der Waals surface area contributed by atoms with Gasteiger partial charge in [0.05, 0.1) is 0 Å². The average molecular weight is 436 g/mol. The number of hydrogen-bond acceptors (Lipinski definition) is 4. The predicted octanol–water partition coefficient (Wildman–Crippen LogP) is 4.96. The van der Waals surface area contributed by atoms with Crippen LogP contribution in [0.25, 0.3) is 5.52 Å². The van der Waals surface area contributed by atoms with Gasteiger partial charge in [-0.15, -0.1) is 5.10 Å². The number of nitrogens with one attached hydrogen (secondary N) is 1. The number of nitrogens with zero attached hydrogens (tertiary/aromatic N) is 3. The Bertz CT molecular complexity index is 922. The third kappa shape index (κ3) is 3.33. The molecule has 7 heteroatoms. The van der Waals surface area contributed by atoms with Gasteiger partial charge in [-0.05, 0) is 69.9 Å². The smallest absolute Gasteiger partial charge is 0.243 e. The lowest BCUT2D eigenvalue weighted by atomic mass is 9.91. The maximum atomic E-state index is 6.20. The van der Waals surface area contributed by atoms with E-state index in [-0.39, 0.29) is 5.28 Å². The Morgan fingerprint density at radius 1 is 1.27 bits per heavy atom. The maximum absolute atomic E-state index is 6.20. The van der Waals surface area contributed by atoms with Crippen molar-refractivity contribution < 1.29 is 4.74 Å². The topological polar surface area (TPSA) is 51.5 Å². The first-order valence-electron chi connectivity index (χ1n) is 8.75. The van der Waals surface area contributed by atoms with Crippen LogP contribution in [0.3, 0.4) is 0 Å². The predicted molar refractivity (Wildman–Crippen MR) is 107 cm³/mol. The molecule has 1 saturated heterocycles. The summed E-state index contributed by atoms with van der Waals surface area (Å²) in [4.78, 5) is 4.45. The second-order valence-electron chi connectivity index (χ2n) is 6.55. The molecule has 1 aliphatic rings. The fraction of sp³-hybridized carbons (Fsp3) is 0.368. The van der Waals surface area contributed by atoms with Crippen LogP contribution >= 0.6 is 27.5 Å². The molecule has 0 unspecified atom stereocenters. The molecule has 3 aromatic rings. The van der Waals surface area contributed by atoms with Crippen LogP contribution in [0, 0.1) is 6.92 Å². The maximum Gasteiger partial charge on any atom is 0.243 e. The Balaban J connectivity index is 1.75. The van der Waals surface area contributed by atoms with Crippen molar-refractivity contribution in [2.24, 2.45) is 0 Å². The summed E-state index contributed by atoms with van der Waals surface area (Å²) >= 11 is 9.95. The molecule has 1 fully saturated rings. The lowest BCUT2D eigenvalue weighted by Gasteiger charge is -2.22. The van der Waals surface area contributed by atoms with Crippen molar-refractivity contribution in [2.45, 2.75) is 32.2 Å². The molecule has 0 aliphatic carbocycles. The number of halogens is 2. The fourth-order valence-corrected chi connectivity index (χ4v) is 4.68. The highest BCUT2D eigenvalue weighted by Gasteiger charge is 2.26. The Morgan fingerprint density at radius 2 is 2.00 bits per heavy atom. The molecule has 0 saturated carbocycles.